The number of benzene rings is 2. The van der Waals surface area contributed by atoms with Crippen LogP contribution in [0.1, 0.15) is 10.4 Å². The van der Waals surface area contributed by atoms with Crippen molar-refractivity contribution < 1.29 is 18.8 Å². The lowest BCUT2D eigenvalue weighted by molar-refractivity contribution is 0.0602. The molecule has 3 aromatic rings. The minimum atomic E-state index is -0.766. The quantitative estimate of drug-likeness (QED) is 0.590. The van der Waals surface area contributed by atoms with Crippen LogP contribution in [0.2, 0.25) is 10.0 Å². The molecule has 0 aliphatic heterocycles. The first-order valence-corrected chi connectivity index (χ1v) is 8.42. The minimum absolute atomic E-state index is 0.0625. The van der Waals surface area contributed by atoms with Crippen molar-refractivity contribution in [2.75, 3.05) is 17.7 Å². The fraction of sp³-hybridized carbons (Fsp3) is 0.0556. The summed E-state index contributed by atoms with van der Waals surface area (Å²) in [6.07, 6.45) is 0. The molecule has 3 rings (SSSR count). The highest BCUT2D eigenvalue weighted by Gasteiger charge is 2.28. The fourth-order valence-electron chi connectivity index (χ4n) is 2.35. The Bertz CT molecular complexity index is 969. The lowest BCUT2D eigenvalue weighted by atomic mass is 10.1. The summed E-state index contributed by atoms with van der Waals surface area (Å²) in [6, 6.07) is 13.0. The van der Waals surface area contributed by atoms with Gasteiger partial charge in [0.25, 0.3) is 0 Å². The monoisotopic (exact) mass is 405 g/mol. The van der Waals surface area contributed by atoms with Crippen molar-refractivity contribution in [3.63, 3.8) is 0 Å². The Morgan fingerprint density at radius 1 is 1.00 bits per heavy atom. The van der Waals surface area contributed by atoms with E-state index in [1.807, 2.05) is 6.07 Å². The third kappa shape index (κ3) is 4.05. The summed E-state index contributed by atoms with van der Waals surface area (Å²) < 4.78 is 9.93. The molecule has 27 heavy (non-hydrogen) atoms. The molecule has 0 aliphatic rings. The second-order valence-electron chi connectivity index (χ2n) is 5.27. The number of methoxy groups -OCH3 is 1. The Kier molecular flexibility index (Phi) is 5.63. The van der Waals surface area contributed by atoms with E-state index in [1.54, 1.807) is 42.5 Å². The molecular weight excluding hydrogens is 393 g/mol. The van der Waals surface area contributed by atoms with Gasteiger partial charge in [-0.1, -0.05) is 52.6 Å². The lowest BCUT2D eigenvalue weighted by Gasteiger charge is -2.07. The van der Waals surface area contributed by atoms with E-state index in [1.165, 1.54) is 7.11 Å². The first-order valence-electron chi connectivity index (χ1n) is 7.66. The molecule has 0 unspecified atom stereocenters. The predicted molar refractivity (Wildman–Crippen MR) is 102 cm³/mol. The molecule has 0 bridgehead atoms. The topological polar surface area (TPSA) is 93.5 Å². The van der Waals surface area contributed by atoms with E-state index in [4.69, 9.17) is 32.5 Å². The number of hydrogen-bond donors (Lipinski definition) is 2. The van der Waals surface area contributed by atoms with Crippen molar-refractivity contribution in [3.8, 4) is 11.3 Å². The summed E-state index contributed by atoms with van der Waals surface area (Å²) in [6.45, 7) is 0. The number of nitrogens with zero attached hydrogens (tertiary/aromatic N) is 1. The molecule has 0 aliphatic carbocycles. The van der Waals surface area contributed by atoms with Crippen LogP contribution in [0.5, 0.6) is 0 Å². The van der Waals surface area contributed by atoms with Gasteiger partial charge in [0.1, 0.15) is 5.69 Å². The summed E-state index contributed by atoms with van der Waals surface area (Å²) in [5.41, 5.74) is 0.813. The normalized spacial score (nSPS) is 10.3. The van der Waals surface area contributed by atoms with Gasteiger partial charge in [-0.05, 0) is 24.3 Å². The molecular formula is C18H13Cl2N3O4. The molecule has 0 spiro atoms. The Hall–Kier alpha value is -3.03. The second-order valence-corrected chi connectivity index (χ2v) is 6.08. The zero-order chi connectivity index (χ0) is 19.4. The van der Waals surface area contributed by atoms with Gasteiger partial charge in [-0.3, -0.25) is 5.32 Å². The molecule has 0 radical (unpaired) electrons. The molecule has 0 saturated heterocycles. The molecule has 1 heterocycles. The van der Waals surface area contributed by atoms with Crippen LogP contribution >= 0.6 is 23.2 Å². The molecule has 7 nitrogen and oxygen atoms in total. The van der Waals surface area contributed by atoms with Crippen LogP contribution in [0.4, 0.5) is 16.4 Å². The maximum atomic E-state index is 12.3. The predicted octanol–water partition coefficient (Wildman–Crippen LogP) is 5.08. The van der Waals surface area contributed by atoms with Crippen molar-refractivity contribution in [1.82, 2.24) is 5.16 Å². The smallest absolute Gasteiger partial charge is 0.345 e. The molecule has 0 saturated carbocycles. The van der Waals surface area contributed by atoms with E-state index in [9.17, 15) is 9.59 Å². The van der Waals surface area contributed by atoms with Crippen molar-refractivity contribution in [3.05, 3.63) is 64.1 Å². The van der Waals surface area contributed by atoms with E-state index < -0.39 is 12.0 Å². The van der Waals surface area contributed by atoms with E-state index in [0.29, 0.717) is 11.3 Å². The maximum Gasteiger partial charge on any atom is 0.345 e. The molecule has 138 valence electrons. The van der Waals surface area contributed by atoms with Crippen LogP contribution in [-0.2, 0) is 4.74 Å². The summed E-state index contributed by atoms with van der Waals surface area (Å²) in [5.74, 6) is -0.960. The average Bonchev–Trinajstić information content (AvgIpc) is 3.04. The number of carbonyl (C=O) groups excluding carboxylic acids is 2. The number of para-hydroxylation sites is 1. The zero-order valence-corrected chi connectivity index (χ0v) is 15.5. The van der Waals surface area contributed by atoms with Gasteiger partial charge in [-0.2, -0.15) is 0 Å². The number of carbonyl (C=O) groups is 2. The average molecular weight is 406 g/mol. The number of aromatic nitrogens is 1. The second kappa shape index (κ2) is 8.11. The first-order chi connectivity index (χ1) is 13.0. The van der Waals surface area contributed by atoms with Gasteiger partial charge in [-0.15, -0.1) is 0 Å². The van der Waals surface area contributed by atoms with Crippen LogP contribution in [0.25, 0.3) is 11.3 Å². The van der Waals surface area contributed by atoms with Gasteiger partial charge in [-0.25, -0.2) is 9.59 Å². The SMILES string of the molecule is COC(=O)c1c(-c2c(Cl)cccc2Cl)noc1NC(=O)Nc1ccccc1. The van der Waals surface area contributed by atoms with Crippen molar-refractivity contribution in [2.45, 2.75) is 0 Å². The van der Waals surface area contributed by atoms with Gasteiger partial charge in [0.05, 0.1) is 17.2 Å². The molecule has 0 fully saturated rings. The van der Waals surface area contributed by atoms with Crippen molar-refractivity contribution in [1.29, 1.82) is 0 Å². The summed E-state index contributed by atoms with van der Waals surface area (Å²) in [7, 11) is 1.20. The van der Waals surface area contributed by atoms with E-state index in [-0.39, 0.29) is 27.2 Å². The van der Waals surface area contributed by atoms with Crippen LogP contribution in [0.15, 0.2) is 53.1 Å². The summed E-state index contributed by atoms with van der Waals surface area (Å²) in [5, 5.41) is 9.42. The molecule has 2 N–H and O–H groups in total. The number of ether oxygens (including phenoxy) is 1. The van der Waals surface area contributed by atoms with Crippen molar-refractivity contribution in [2.24, 2.45) is 0 Å². The van der Waals surface area contributed by atoms with Crippen LogP contribution in [0.3, 0.4) is 0 Å². The number of esters is 1. The summed E-state index contributed by atoms with van der Waals surface area (Å²) in [4.78, 5) is 24.5. The Labute approximate surface area is 164 Å². The van der Waals surface area contributed by atoms with Crippen LogP contribution in [0, 0.1) is 0 Å². The highest BCUT2D eigenvalue weighted by atomic mass is 35.5. The number of halogens is 2. The van der Waals surface area contributed by atoms with Gasteiger partial charge < -0.3 is 14.6 Å². The van der Waals surface area contributed by atoms with E-state index in [0.717, 1.165) is 0 Å². The number of amides is 2. The molecule has 2 aromatic carbocycles. The molecule has 0 atom stereocenters. The van der Waals surface area contributed by atoms with Gasteiger partial charge in [0.15, 0.2) is 5.56 Å². The van der Waals surface area contributed by atoms with E-state index >= 15 is 0 Å². The highest BCUT2D eigenvalue weighted by molar-refractivity contribution is 6.39. The van der Waals surface area contributed by atoms with Gasteiger partial charge in [0.2, 0.25) is 5.88 Å². The van der Waals surface area contributed by atoms with Gasteiger partial charge >= 0.3 is 12.0 Å². The zero-order valence-electron chi connectivity index (χ0n) is 14.0. The third-order valence-electron chi connectivity index (χ3n) is 3.54. The first kappa shape index (κ1) is 18.8. The number of urea groups is 1. The molecule has 9 heteroatoms. The van der Waals surface area contributed by atoms with Crippen molar-refractivity contribution >= 4 is 46.8 Å². The fourth-order valence-corrected chi connectivity index (χ4v) is 2.92. The summed E-state index contributed by atoms with van der Waals surface area (Å²) >= 11 is 12.4. The molecule has 2 amide bonds. The number of rotatable bonds is 4. The number of nitrogens with one attached hydrogen (secondary N) is 2. The van der Waals surface area contributed by atoms with E-state index in [2.05, 4.69) is 15.8 Å². The lowest BCUT2D eigenvalue weighted by Crippen LogP contribution is -2.20. The highest BCUT2D eigenvalue weighted by Crippen LogP contribution is 2.38. The third-order valence-corrected chi connectivity index (χ3v) is 4.17. The maximum absolute atomic E-state index is 12.3. The number of anilines is 2. The Morgan fingerprint density at radius 2 is 1.67 bits per heavy atom. The number of hydrogen-bond acceptors (Lipinski definition) is 5. The Balaban J connectivity index is 1.96. The van der Waals surface area contributed by atoms with Crippen LogP contribution < -0.4 is 10.6 Å². The Morgan fingerprint density at radius 3 is 2.30 bits per heavy atom. The standard InChI is InChI=1S/C18H13Cl2N3O4/c1-26-17(24)14-15(13-11(19)8-5-9-12(13)20)23-27-16(14)22-18(25)21-10-6-3-2-4-7-10/h2-9H,1H3,(H2,21,22,25). The van der Waals surface area contributed by atoms with Gasteiger partial charge in [0, 0.05) is 11.3 Å². The largest absolute Gasteiger partial charge is 0.465 e. The minimum Gasteiger partial charge on any atom is -0.465 e. The molecule has 1 aromatic heterocycles. The van der Waals surface area contributed by atoms with Crippen LogP contribution in [-0.4, -0.2) is 24.3 Å².